The molecule has 1 saturated heterocycles. The summed E-state index contributed by atoms with van der Waals surface area (Å²) in [6.07, 6.45) is -3.08. The van der Waals surface area contributed by atoms with Crippen molar-refractivity contribution in [1.29, 1.82) is 0 Å². The lowest BCUT2D eigenvalue weighted by molar-refractivity contribution is -0.137. The molecular formula is C22H20ClF3N6O2. The first kappa shape index (κ1) is 23.7. The largest absolute Gasteiger partial charge is 0.417 e. The number of morpholine rings is 1. The minimum absolute atomic E-state index is 0.0678. The molecule has 2 aromatic heterocycles. The van der Waals surface area contributed by atoms with Crippen LogP contribution in [-0.4, -0.2) is 47.2 Å². The number of benzene rings is 1. The summed E-state index contributed by atoms with van der Waals surface area (Å²) in [5.74, 6) is 0.267. The van der Waals surface area contributed by atoms with Crippen molar-refractivity contribution in [3.63, 3.8) is 0 Å². The van der Waals surface area contributed by atoms with Crippen molar-refractivity contribution in [3.8, 4) is 0 Å². The van der Waals surface area contributed by atoms with Gasteiger partial charge in [-0.3, -0.25) is 9.78 Å². The first-order valence-corrected chi connectivity index (χ1v) is 10.7. The van der Waals surface area contributed by atoms with Crippen molar-refractivity contribution in [1.82, 2.24) is 20.3 Å². The van der Waals surface area contributed by atoms with E-state index in [1.54, 1.807) is 24.3 Å². The van der Waals surface area contributed by atoms with Gasteiger partial charge in [-0.1, -0.05) is 17.7 Å². The first-order chi connectivity index (χ1) is 16.3. The van der Waals surface area contributed by atoms with E-state index in [4.69, 9.17) is 16.3 Å². The second kappa shape index (κ2) is 10.2. The fourth-order valence-corrected chi connectivity index (χ4v) is 3.49. The molecule has 1 amide bonds. The number of hydrogen-bond acceptors (Lipinski definition) is 7. The van der Waals surface area contributed by atoms with Crippen molar-refractivity contribution in [2.75, 3.05) is 36.5 Å². The highest BCUT2D eigenvalue weighted by molar-refractivity contribution is 6.31. The number of pyridine rings is 1. The average Bonchev–Trinajstić information content (AvgIpc) is 2.84. The van der Waals surface area contributed by atoms with Crippen LogP contribution in [0.5, 0.6) is 0 Å². The molecule has 0 unspecified atom stereocenters. The highest BCUT2D eigenvalue weighted by atomic mass is 35.5. The summed E-state index contributed by atoms with van der Waals surface area (Å²) >= 11 is 5.72. The summed E-state index contributed by atoms with van der Waals surface area (Å²) in [6.45, 7) is 2.18. The molecule has 12 heteroatoms. The highest BCUT2D eigenvalue weighted by Crippen LogP contribution is 2.36. The van der Waals surface area contributed by atoms with E-state index >= 15 is 0 Å². The van der Waals surface area contributed by atoms with Gasteiger partial charge in [0.2, 0.25) is 5.95 Å². The van der Waals surface area contributed by atoms with E-state index in [0.29, 0.717) is 37.9 Å². The Kier molecular flexibility index (Phi) is 7.13. The molecule has 178 valence electrons. The third-order valence-electron chi connectivity index (χ3n) is 4.93. The lowest BCUT2D eigenvalue weighted by atomic mass is 10.2. The molecule has 4 rings (SSSR count). The second-order valence-corrected chi connectivity index (χ2v) is 7.77. The summed E-state index contributed by atoms with van der Waals surface area (Å²) in [5, 5.41) is 5.24. The van der Waals surface area contributed by atoms with Gasteiger partial charge in [0, 0.05) is 31.0 Å². The standard InChI is InChI=1S/C22H20ClF3N6O2/c23-17-5-4-14(11-16(17)22(24,25)26)29-19-12-15(13-28-20(33)18-3-1-2-6-27-18)30-21(31-19)32-7-9-34-10-8-32/h1-6,11-12H,7-10,13H2,(H,28,33)(H,29,30,31). The summed E-state index contributed by atoms with van der Waals surface area (Å²) in [4.78, 5) is 27.3. The highest BCUT2D eigenvalue weighted by Gasteiger charge is 2.33. The van der Waals surface area contributed by atoms with Crippen LogP contribution >= 0.6 is 11.6 Å². The zero-order chi connectivity index (χ0) is 24.1. The average molecular weight is 493 g/mol. The van der Waals surface area contributed by atoms with E-state index in [1.165, 1.54) is 18.3 Å². The van der Waals surface area contributed by atoms with E-state index in [-0.39, 0.29) is 29.7 Å². The van der Waals surface area contributed by atoms with Gasteiger partial charge in [-0.05, 0) is 30.3 Å². The van der Waals surface area contributed by atoms with Gasteiger partial charge < -0.3 is 20.3 Å². The molecular weight excluding hydrogens is 473 g/mol. The Morgan fingerprint density at radius 2 is 1.91 bits per heavy atom. The number of aromatic nitrogens is 3. The van der Waals surface area contributed by atoms with Gasteiger partial charge >= 0.3 is 6.18 Å². The molecule has 3 aromatic rings. The molecule has 8 nitrogen and oxygen atoms in total. The van der Waals surface area contributed by atoms with E-state index in [0.717, 1.165) is 6.07 Å². The minimum atomic E-state index is -4.60. The third kappa shape index (κ3) is 5.91. The molecule has 1 aliphatic heterocycles. The number of nitrogens with zero attached hydrogens (tertiary/aromatic N) is 4. The van der Waals surface area contributed by atoms with Crippen LogP contribution < -0.4 is 15.5 Å². The number of anilines is 3. The van der Waals surface area contributed by atoms with Gasteiger partial charge in [0.05, 0.1) is 36.0 Å². The van der Waals surface area contributed by atoms with Gasteiger partial charge in [-0.15, -0.1) is 0 Å². The molecule has 0 spiro atoms. The van der Waals surface area contributed by atoms with Crippen LogP contribution in [0.15, 0.2) is 48.7 Å². The third-order valence-corrected chi connectivity index (χ3v) is 5.26. The lowest BCUT2D eigenvalue weighted by Crippen LogP contribution is -2.37. The Balaban J connectivity index is 1.59. The number of amides is 1. The number of alkyl halides is 3. The maximum absolute atomic E-state index is 13.3. The van der Waals surface area contributed by atoms with Gasteiger partial charge in [-0.25, -0.2) is 4.98 Å². The molecule has 1 aromatic carbocycles. The van der Waals surface area contributed by atoms with Gasteiger partial charge in [0.25, 0.3) is 5.91 Å². The first-order valence-electron chi connectivity index (χ1n) is 10.3. The Labute approximate surface area is 198 Å². The molecule has 2 N–H and O–H groups in total. The van der Waals surface area contributed by atoms with Crippen molar-refractivity contribution in [2.45, 2.75) is 12.7 Å². The summed E-state index contributed by atoms with van der Waals surface area (Å²) in [5.41, 5.74) is -0.0752. The normalized spacial score (nSPS) is 14.1. The smallest absolute Gasteiger partial charge is 0.378 e. The van der Waals surface area contributed by atoms with Crippen molar-refractivity contribution in [3.05, 3.63) is 70.6 Å². The Morgan fingerprint density at radius 1 is 1.12 bits per heavy atom. The zero-order valence-corrected chi connectivity index (χ0v) is 18.5. The molecule has 34 heavy (non-hydrogen) atoms. The van der Waals surface area contributed by atoms with Crippen LogP contribution in [0.25, 0.3) is 0 Å². The number of carbonyl (C=O) groups excluding carboxylic acids is 1. The van der Waals surface area contributed by atoms with E-state index in [2.05, 4.69) is 25.6 Å². The molecule has 0 radical (unpaired) electrons. The maximum atomic E-state index is 13.3. The Bertz CT molecular complexity index is 1160. The van der Waals surface area contributed by atoms with Gasteiger partial charge in [0.1, 0.15) is 11.5 Å². The molecule has 0 aliphatic carbocycles. The predicted molar refractivity (Wildman–Crippen MR) is 120 cm³/mol. The molecule has 3 heterocycles. The summed E-state index contributed by atoms with van der Waals surface area (Å²) in [6, 6.07) is 10.1. The van der Waals surface area contributed by atoms with Crippen LogP contribution in [0.4, 0.5) is 30.6 Å². The van der Waals surface area contributed by atoms with Crippen molar-refractivity contribution >= 4 is 35.0 Å². The number of ether oxygens (including phenoxy) is 1. The van der Waals surface area contributed by atoms with Crippen molar-refractivity contribution in [2.24, 2.45) is 0 Å². The van der Waals surface area contributed by atoms with Crippen LogP contribution in [-0.2, 0) is 17.5 Å². The summed E-state index contributed by atoms with van der Waals surface area (Å²) < 4.78 is 45.1. The minimum Gasteiger partial charge on any atom is -0.378 e. The number of halogens is 4. The van der Waals surface area contributed by atoms with Crippen LogP contribution in [0.3, 0.4) is 0 Å². The topological polar surface area (TPSA) is 92.3 Å². The molecule has 0 saturated carbocycles. The molecule has 0 bridgehead atoms. The van der Waals surface area contributed by atoms with Gasteiger partial charge in [-0.2, -0.15) is 18.2 Å². The van der Waals surface area contributed by atoms with Gasteiger partial charge in [0.15, 0.2) is 0 Å². The number of hydrogen-bond donors (Lipinski definition) is 2. The maximum Gasteiger partial charge on any atom is 0.417 e. The number of carbonyl (C=O) groups is 1. The van der Waals surface area contributed by atoms with E-state index in [1.807, 2.05) is 4.90 Å². The zero-order valence-electron chi connectivity index (χ0n) is 17.8. The lowest BCUT2D eigenvalue weighted by Gasteiger charge is -2.27. The predicted octanol–water partition coefficient (Wildman–Crippen LogP) is 4.05. The Morgan fingerprint density at radius 3 is 2.62 bits per heavy atom. The van der Waals surface area contributed by atoms with Crippen molar-refractivity contribution < 1.29 is 22.7 Å². The summed E-state index contributed by atoms with van der Waals surface area (Å²) in [7, 11) is 0. The van der Waals surface area contributed by atoms with Crippen LogP contribution in [0.1, 0.15) is 21.7 Å². The van der Waals surface area contributed by atoms with Crippen LogP contribution in [0.2, 0.25) is 5.02 Å². The monoisotopic (exact) mass is 492 g/mol. The van der Waals surface area contributed by atoms with E-state index < -0.39 is 16.8 Å². The second-order valence-electron chi connectivity index (χ2n) is 7.36. The molecule has 1 aliphatic rings. The Hall–Kier alpha value is -3.44. The SMILES string of the molecule is O=C(NCc1cc(Nc2ccc(Cl)c(C(F)(F)F)c2)nc(N2CCOCC2)n1)c1ccccn1. The molecule has 1 fully saturated rings. The molecule has 0 atom stereocenters. The number of nitrogens with one attached hydrogen (secondary N) is 2. The fraction of sp³-hybridized carbons (Fsp3) is 0.273. The van der Waals surface area contributed by atoms with E-state index in [9.17, 15) is 18.0 Å². The van der Waals surface area contributed by atoms with Crippen LogP contribution in [0, 0.1) is 0 Å². The quantitative estimate of drug-likeness (QED) is 0.536. The fourth-order valence-electron chi connectivity index (χ4n) is 3.27. The number of rotatable bonds is 6.